The lowest BCUT2D eigenvalue weighted by Crippen LogP contribution is -2.57. The van der Waals surface area contributed by atoms with E-state index in [-0.39, 0.29) is 6.04 Å². The molecule has 0 aromatic carbocycles. The maximum atomic E-state index is 11.8. The lowest BCUT2D eigenvalue weighted by Gasteiger charge is -2.31. The van der Waals surface area contributed by atoms with E-state index in [0.717, 1.165) is 25.9 Å². The lowest BCUT2D eigenvalue weighted by atomic mass is 9.99. The summed E-state index contributed by atoms with van der Waals surface area (Å²) in [5, 5.41) is 14.5. The maximum absolute atomic E-state index is 11.8. The summed E-state index contributed by atoms with van der Waals surface area (Å²) in [5.41, 5.74) is -1.20. The summed E-state index contributed by atoms with van der Waals surface area (Å²) in [7, 11) is 2.05. The quantitative estimate of drug-likeness (QED) is 0.690. The highest BCUT2D eigenvalue weighted by Gasteiger charge is 2.33. The molecule has 2 amide bonds. The van der Waals surface area contributed by atoms with Crippen molar-refractivity contribution in [3.8, 4) is 0 Å². The summed E-state index contributed by atoms with van der Waals surface area (Å²) in [4.78, 5) is 25.1. The second-order valence-electron chi connectivity index (χ2n) is 5.17. The number of hydrogen-bond acceptors (Lipinski definition) is 3. The first kappa shape index (κ1) is 14.8. The lowest BCUT2D eigenvalue weighted by molar-refractivity contribution is -0.143. The number of amides is 2. The minimum atomic E-state index is -1.20. The third-order valence-electron chi connectivity index (χ3n) is 3.62. The van der Waals surface area contributed by atoms with Gasteiger partial charge in [-0.05, 0) is 46.3 Å². The number of nitrogens with one attached hydrogen (secondary N) is 2. The molecule has 1 fully saturated rings. The monoisotopic (exact) mass is 257 g/mol. The second kappa shape index (κ2) is 6.04. The molecule has 0 radical (unpaired) electrons. The van der Waals surface area contributed by atoms with E-state index in [1.54, 1.807) is 6.92 Å². The Kier molecular flexibility index (Phi) is 4.95. The van der Waals surface area contributed by atoms with E-state index in [1.165, 1.54) is 6.92 Å². The van der Waals surface area contributed by atoms with Crippen molar-refractivity contribution in [3.63, 3.8) is 0 Å². The van der Waals surface area contributed by atoms with Crippen molar-refractivity contribution < 1.29 is 14.7 Å². The van der Waals surface area contributed by atoms with Gasteiger partial charge in [0.15, 0.2) is 0 Å². The first-order valence-electron chi connectivity index (χ1n) is 6.38. The fourth-order valence-corrected chi connectivity index (χ4v) is 1.92. The Morgan fingerprint density at radius 3 is 2.39 bits per heavy atom. The van der Waals surface area contributed by atoms with Gasteiger partial charge in [0.2, 0.25) is 0 Å². The predicted octanol–water partition coefficient (Wildman–Crippen LogP) is 0.633. The van der Waals surface area contributed by atoms with E-state index in [9.17, 15) is 9.59 Å². The molecule has 0 aromatic heterocycles. The standard InChI is InChI=1S/C12H23N3O3/c1-4-12(2,10(16)17)14-11(18)13-9-5-7-15(3)8-6-9/h9H,4-8H2,1-3H3,(H,16,17)(H2,13,14,18). The van der Waals surface area contributed by atoms with E-state index < -0.39 is 17.5 Å². The molecule has 1 heterocycles. The zero-order valence-electron chi connectivity index (χ0n) is 11.3. The molecule has 0 bridgehead atoms. The molecule has 0 aliphatic carbocycles. The van der Waals surface area contributed by atoms with Crippen LogP contribution < -0.4 is 10.6 Å². The summed E-state index contributed by atoms with van der Waals surface area (Å²) in [6, 6.07) is -0.257. The number of urea groups is 1. The van der Waals surface area contributed by atoms with Crippen molar-refractivity contribution in [2.45, 2.75) is 44.7 Å². The van der Waals surface area contributed by atoms with Crippen LogP contribution in [0.2, 0.25) is 0 Å². The van der Waals surface area contributed by atoms with Crippen molar-refractivity contribution in [2.75, 3.05) is 20.1 Å². The van der Waals surface area contributed by atoms with Gasteiger partial charge in [-0.25, -0.2) is 9.59 Å². The third-order valence-corrected chi connectivity index (χ3v) is 3.62. The molecule has 0 saturated carbocycles. The zero-order valence-corrected chi connectivity index (χ0v) is 11.3. The highest BCUT2D eigenvalue weighted by atomic mass is 16.4. The van der Waals surface area contributed by atoms with Gasteiger partial charge in [-0.3, -0.25) is 0 Å². The molecule has 104 valence electrons. The van der Waals surface area contributed by atoms with Gasteiger partial charge in [0, 0.05) is 6.04 Å². The molecule has 1 unspecified atom stereocenters. The summed E-state index contributed by atoms with van der Waals surface area (Å²) >= 11 is 0. The van der Waals surface area contributed by atoms with Gasteiger partial charge in [0.1, 0.15) is 5.54 Å². The molecule has 1 aliphatic rings. The molecule has 1 aliphatic heterocycles. The molecular formula is C12H23N3O3. The minimum absolute atomic E-state index is 0.135. The van der Waals surface area contributed by atoms with Crippen molar-refractivity contribution in [2.24, 2.45) is 0 Å². The molecule has 1 rings (SSSR count). The number of carboxylic acids is 1. The average molecular weight is 257 g/mol. The first-order chi connectivity index (χ1) is 8.37. The van der Waals surface area contributed by atoms with Gasteiger partial charge in [0.25, 0.3) is 0 Å². The maximum Gasteiger partial charge on any atom is 0.329 e. The van der Waals surface area contributed by atoms with Gasteiger partial charge in [0.05, 0.1) is 0 Å². The van der Waals surface area contributed by atoms with Crippen LogP contribution in [0.25, 0.3) is 0 Å². The number of piperidine rings is 1. The van der Waals surface area contributed by atoms with Crippen molar-refractivity contribution in [1.82, 2.24) is 15.5 Å². The number of hydrogen-bond donors (Lipinski definition) is 3. The summed E-state index contributed by atoms with van der Waals surface area (Å²) < 4.78 is 0. The van der Waals surface area contributed by atoms with Gasteiger partial charge < -0.3 is 20.6 Å². The molecule has 6 nitrogen and oxygen atoms in total. The fraction of sp³-hybridized carbons (Fsp3) is 0.833. The largest absolute Gasteiger partial charge is 0.480 e. The Balaban J connectivity index is 2.44. The number of nitrogens with zero attached hydrogens (tertiary/aromatic N) is 1. The Morgan fingerprint density at radius 2 is 1.94 bits per heavy atom. The summed E-state index contributed by atoms with van der Waals surface area (Å²) in [6.45, 7) is 5.16. The number of carboxylic acid groups (broad SMARTS) is 1. The molecule has 0 aromatic rings. The summed E-state index contributed by atoms with van der Waals surface area (Å²) in [6.07, 6.45) is 2.16. The van der Waals surface area contributed by atoms with Crippen LogP contribution in [0.4, 0.5) is 4.79 Å². The van der Waals surface area contributed by atoms with Crippen molar-refractivity contribution in [1.29, 1.82) is 0 Å². The molecule has 1 atom stereocenters. The fourth-order valence-electron chi connectivity index (χ4n) is 1.92. The van der Waals surface area contributed by atoms with E-state index in [0.29, 0.717) is 6.42 Å². The first-order valence-corrected chi connectivity index (χ1v) is 6.38. The SMILES string of the molecule is CCC(C)(NC(=O)NC1CCN(C)CC1)C(=O)O. The van der Waals surface area contributed by atoms with Crippen LogP contribution in [0.5, 0.6) is 0 Å². The number of carbonyl (C=O) groups is 2. The molecule has 3 N–H and O–H groups in total. The Labute approximate surface area is 108 Å². The van der Waals surface area contributed by atoms with Gasteiger partial charge in [-0.1, -0.05) is 6.92 Å². The van der Waals surface area contributed by atoms with Crippen LogP contribution in [0.3, 0.4) is 0 Å². The normalized spacial score (nSPS) is 21.1. The van der Waals surface area contributed by atoms with Crippen LogP contribution >= 0.6 is 0 Å². The van der Waals surface area contributed by atoms with Crippen LogP contribution in [0.15, 0.2) is 0 Å². The third kappa shape index (κ3) is 3.87. The van der Waals surface area contributed by atoms with Crippen LogP contribution in [0.1, 0.15) is 33.1 Å². The zero-order chi connectivity index (χ0) is 13.8. The molecule has 0 spiro atoms. The van der Waals surface area contributed by atoms with E-state index >= 15 is 0 Å². The molecule has 1 saturated heterocycles. The minimum Gasteiger partial charge on any atom is -0.480 e. The predicted molar refractivity (Wildman–Crippen MR) is 68.5 cm³/mol. The number of rotatable bonds is 4. The second-order valence-corrected chi connectivity index (χ2v) is 5.17. The van der Waals surface area contributed by atoms with E-state index in [2.05, 4.69) is 22.6 Å². The number of aliphatic carboxylic acids is 1. The van der Waals surface area contributed by atoms with Crippen LogP contribution in [0, 0.1) is 0 Å². The average Bonchev–Trinajstić information content (AvgIpc) is 2.31. The number of likely N-dealkylation sites (tertiary alicyclic amines) is 1. The Hall–Kier alpha value is -1.30. The van der Waals surface area contributed by atoms with E-state index in [1.807, 2.05) is 0 Å². The van der Waals surface area contributed by atoms with Crippen LogP contribution in [-0.4, -0.2) is 53.7 Å². The Bertz CT molecular complexity index is 314. The van der Waals surface area contributed by atoms with Gasteiger partial charge in [-0.2, -0.15) is 0 Å². The molecule has 6 heteroatoms. The molecular weight excluding hydrogens is 234 g/mol. The highest BCUT2D eigenvalue weighted by molar-refractivity contribution is 5.85. The van der Waals surface area contributed by atoms with Gasteiger partial charge in [-0.15, -0.1) is 0 Å². The van der Waals surface area contributed by atoms with Crippen LogP contribution in [-0.2, 0) is 4.79 Å². The number of carbonyl (C=O) groups excluding carboxylic acids is 1. The van der Waals surface area contributed by atoms with Crippen molar-refractivity contribution in [3.05, 3.63) is 0 Å². The smallest absolute Gasteiger partial charge is 0.329 e. The topological polar surface area (TPSA) is 81.7 Å². The Morgan fingerprint density at radius 1 is 1.39 bits per heavy atom. The highest BCUT2D eigenvalue weighted by Crippen LogP contribution is 2.11. The van der Waals surface area contributed by atoms with E-state index in [4.69, 9.17) is 5.11 Å². The van der Waals surface area contributed by atoms with Gasteiger partial charge >= 0.3 is 12.0 Å². The summed E-state index contributed by atoms with van der Waals surface area (Å²) in [5.74, 6) is -1.01. The van der Waals surface area contributed by atoms with Crippen molar-refractivity contribution >= 4 is 12.0 Å². The molecule has 18 heavy (non-hydrogen) atoms.